The lowest BCUT2D eigenvalue weighted by Gasteiger charge is -2.12. The molecule has 0 radical (unpaired) electrons. The van der Waals surface area contributed by atoms with Crippen LogP contribution in [0, 0.1) is 0 Å². The summed E-state index contributed by atoms with van der Waals surface area (Å²) in [5, 5.41) is 8.85. The molecule has 0 aliphatic rings. The van der Waals surface area contributed by atoms with Crippen LogP contribution in [0.4, 0.5) is 0 Å². The number of nitrogens with two attached hydrogens (primary N) is 1. The smallest absolute Gasteiger partial charge is 0.119 e. The average molecular weight is 232 g/mol. The molecule has 0 aromatic heterocycles. The molecule has 3 nitrogen and oxygen atoms in total. The van der Waals surface area contributed by atoms with Crippen molar-refractivity contribution in [2.45, 2.75) is 26.0 Å². The first-order valence-electron chi connectivity index (χ1n) is 4.76. The van der Waals surface area contributed by atoms with Crippen molar-refractivity contribution in [3.05, 3.63) is 29.8 Å². The van der Waals surface area contributed by atoms with Crippen LogP contribution in [0.15, 0.2) is 24.3 Å². The molecular formula is C11H18ClNO2. The van der Waals surface area contributed by atoms with Crippen molar-refractivity contribution in [1.29, 1.82) is 0 Å². The molecule has 3 N–H and O–H groups in total. The minimum absolute atomic E-state index is 0. The van der Waals surface area contributed by atoms with Gasteiger partial charge in [-0.2, -0.15) is 0 Å². The largest absolute Gasteiger partial charge is 0.491 e. The van der Waals surface area contributed by atoms with Gasteiger partial charge in [0.1, 0.15) is 5.75 Å². The third kappa shape index (κ3) is 4.51. The molecule has 1 atom stereocenters. The number of ether oxygens (including phenoxy) is 1. The van der Waals surface area contributed by atoms with Crippen molar-refractivity contribution in [1.82, 2.24) is 0 Å². The number of benzene rings is 1. The predicted octanol–water partition coefficient (Wildman–Crippen LogP) is 1.89. The Morgan fingerprint density at radius 2 is 1.80 bits per heavy atom. The Bertz CT molecular complexity index is 274. The first kappa shape index (κ1) is 14.2. The zero-order valence-electron chi connectivity index (χ0n) is 9.01. The van der Waals surface area contributed by atoms with E-state index in [1.807, 2.05) is 38.1 Å². The van der Waals surface area contributed by atoms with Crippen molar-refractivity contribution in [3.63, 3.8) is 0 Å². The molecule has 0 aliphatic heterocycles. The first-order valence-corrected chi connectivity index (χ1v) is 4.76. The van der Waals surface area contributed by atoms with Crippen molar-refractivity contribution >= 4 is 12.4 Å². The minimum Gasteiger partial charge on any atom is -0.491 e. The fraction of sp³-hybridized carbons (Fsp3) is 0.455. The third-order valence-electron chi connectivity index (χ3n) is 1.88. The number of rotatable bonds is 4. The molecule has 0 unspecified atom stereocenters. The minimum atomic E-state index is -0.303. The van der Waals surface area contributed by atoms with Crippen LogP contribution >= 0.6 is 12.4 Å². The second kappa shape index (κ2) is 6.67. The van der Waals surface area contributed by atoms with Gasteiger partial charge in [-0.25, -0.2) is 0 Å². The quantitative estimate of drug-likeness (QED) is 0.832. The highest BCUT2D eigenvalue weighted by molar-refractivity contribution is 5.85. The summed E-state index contributed by atoms with van der Waals surface area (Å²) < 4.78 is 5.48. The lowest BCUT2D eigenvalue weighted by Crippen LogP contribution is -2.14. The highest BCUT2D eigenvalue weighted by Gasteiger charge is 2.04. The monoisotopic (exact) mass is 231 g/mol. The number of hydrogen-bond donors (Lipinski definition) is 2. The molecule has 15 heavy (non-hydrogen) atoms. The fourth-order valence-corrected chi connectivity index (χ4v) is 1.17. The van der Waals surface area contributed by atoms with Gasteiger partial charge in [-0.05, 0) is 31.5 Å². The molecule has 0 fully saturated rings. The van der Waals surface area contributed by atoms with Crippen LogP contribution < -0.4 is 10.5 Å². The lowest BCUT2D eigenvalue weighted by atomic mass is 10.1. The van der Waals surface area contributed by atoms with Gasteiger partial charge >= 0.3 is 0 Å². The Labute approximate surface area is 96.7 Å². The van der Waals surface area contributed by atoms with Gasteiger partial charge in [0.25, 0.3) is 0 Å². The maximum Gasteiger partial charge on any atom is 0.119 e. The van der Waals surface area contributed by atoms with E-state index in [4.69, 9.17) is 15.6 Å². The Hall–Kier alpha value is -0.770. The van der Waals surface area contributed by atoms with E-state index in [0.717, 1.165) is 11.3 Å². The Morgan fingerprint density at radius 1 is 1.27 bits per heavy atom. The molecular weight excluding hydrogens is 214 g/mol. The van der Waals surface area contributed by atoms with Crippen molar-refractivity contribution in [2.75, 3.05) is 6.61 Å². The van der Waals surface area contributed by atoms with E-state index in [0.29, 0.717) is 0 Å². The van der Waals surface area contributed by atoms with E-state index in [1.54, 1.807) is 0 Å². The van der Waals surface area contributed by atoms with Gasteiger partial charge in [0.15, 0.2) is 0 Å². The van der Waals surface area contributed by atoms with E-state index in [-0.39, 0.29) is 31.2 Å². The molecule has 1 aromatic carbocycles. The van der Waals surface area contributed by atoms with Gasteiger partial charge in [0, 0.05) is 0 Å². The molecule has 0 bridgehead atoms. The van der Waals surface area contributed by atoms with Crippen LogP contribution in [0.5, 0.6) is 5.75 Å². The summed E-state index contributed by atoms with van der Waals surface area (Å²) in [6.07, 6.45) is 0.173. The lowest BCUT2D eigenvalue weighted by molar-refractivity contribution is 0.242. The number of hydrogen-bond acceptors (Lipinski definition) is 3. The number of aliphatic hydroxyl groups excluding tert-OH is 1. The summed E-state index contributed by atoms with van der Waals surface area (Å²) in [5.74, 6) is 0.828. The highest BCUT2D eigenvalue weighted by Crippen LogP contribution is 2.17. The van der Waals surface area contributed by atoms with E-state index < -0.39 is 0 Å². The van der Waals surface area contributed by atoms with Crippen LogP contribution in [0.25, 0.3) is 0 Å². The Kier molecular flexibility index (Phi) is 6.32. The first-order chi connectivity index (χ1) is 6.63. The van der Waals surface area contributed by atoms with Gasteiger partial charge in [0.2, 0.25) is 0 Å². The normalized spacial score (nSPS) is 12.1. The molecule has 0 spiro atoms. The van der Waals surface area contributed by atoms with E-state index in [9.17, 15) is 0 Å². The predicted molar refractivity (Wildman–Crippen MR) is 63.5 cm³/mol. The standard InChI is InChI=1S/C11H17NO2.ClH/c1-8(2)14-10-5-3-9(4-6-10)11(12)7-13;/h3-6,8,11,13H,7,12H2,1-2H3;1H/t11-;/m1./s1. The zero-order valence-corrected chi connectivity index (χ0v) is 9.83. The van der Waals surface area contributed by atoms with Crippen LogP contribution in [0.1, 0.15) is 25.5 Å². The molecule has 0 heterocycles. The summed E-state index contributed by atoms with van der Waals surface area (Å²) in [4.78, 5) is 0. The molecule has 0 amide bonds. The Balaban J connectivity index is 0.00000196. The molecule has 0 aliphatic carbocycles. The van der Waals surface area contributed by atoms with Crippen LogP contribution in [0.2, 0.25) is 0 Å². The molecule has 0 saturated carbocycles. The van der Waals surface area contributed by atoms with E-state index in [1.165, 1.54) is 0 Å². The summed E-state index contributed by atoms with van der Waals surface area (Å²) >= 11 is 0. The SMILES string of the molecule is CC(C)Oc1ccc([C@H](N)CO)cc1.Cl. The second-order valence-electron chi connectivity index (χ2n) is 3.52. The Morgan fingerprint density at radius 3 is 2.20 bits per heavy atom. The average Bonchev–Trinajstić information content (AvgIpc) is 2.17. The molecule has 0 saturated heterocycles. The number of halogens is 1. The number of aliphatic hydroxyl groups is 1. The summed E-state index contributed by atoms with van der Waals surface area (Å²) in [6, 6.07) is 7.18. The second-order valence-corrected chi connectivity index (χ2v) is 3.52. The zero-order chi connectivity index (χ0) is 10.6. The summed E-state index contributed by atoms with van der Waals surface area (Å²) in [7, 11) is 0. The maximum absolute atomic E-state index is 8.85. The van der Waals surface area contributed by atoms with E-state index in [2.05, 4.69) is 0 Å². The molecule has 1 aromatic rings. The van der Waals surface area contributed by atoms with Crippen LogP contribution in [-0.4, -0.2) is 17.8 Å². The van der Waals surface area contributed by atoms with Gasteiger partial charge < -0.3 is 15.6 Å². The van der Waals surface area contributed by atoms with E-state index >= 15 is 0 Å². The van der Waals surface area contributed by atoms with Gasteiger partial charge in [-0.15, -0.1) is 12.4 Å². The van der Waals surface area contributed by atoms with Crippen LogP contribution in [0.3, 0.4) is 0 Å². The van der Waals surface area contributed by atoms with Crippen molar-refractivity contribution < 1.29 is 9.84 Å². The van der Waals surface area contributed by atoms with Gasteiger partial charge in [-0.1, -0.05) is 12.1 Å². The topological polar surface area (TPSA) is 55.5 Å². The van der Waals surface area contributed by atoms with Gasteiger partial charge in [0.05, 0.1) is 18.8 Å². The van der Waals surface area contributed by atoms with Crippen molar-refractivity contribution in [2.24, 2.45) is 5.73 Å². The maximum atomic E-state index is 8.85. The molecule has 4 heteroatoms. The summed E-state index contributed by atoms with van der Waals surface area (Å²) in [5.41, 5.74) is 6.57. The molecule has 1 rings (SSSR count). The fourth-order valence-electron chi connectivity index (χ4n) is 1.17. The van der Waals surface area contributed by atoms with Crippen LogP contribution in [-0.2, 0) is 0 Å². The summed E-state index contributed by atoms with van der Waals surface area (Å²) in [6.45, 7) is 3.92. The van der Waals surface area contributed by atoms with Crippen molar-refractivity contribution in [3.8, 4) is 5.75 Å². The van der Waals surface area contributed by atoms with Gasteiger partial charge in [-0.3, -0.25) is 0 Å². The highest BCUT2D eigenvalue weighted by atomic mass is 35.5. The molecule has 86 valence electrons. The third-order valence-corrected chi connectivity index (χ3v) is 1.88.